The summed E-state index contributed by atoms with van der Waals surface area (Å²) in [5.41, 5.74) is 9.59. The Morgan fingerprint density at radius 2 is 1.97 bits per heavy atom. The lowest BCUT2D eigenvalue weighted by Crippen LogP contribution is -2.24. The van der Waals surface area contributed by atoms with E-state index in [1.165, 1.54) is 11.8 Å². The van der Waals surface area contributed by atoms with Crippen molar-refractivity contribution in [2.24, 2.45) is 10.7 Å². The first-order valence-corrected chi connectivity index (χ1v) is 11.4. The lowest BCUT2D eigenvalue weighted by molar-refractivity contribution is 0.0944. The van der Waals surface area contributed by atoms with E-state index in [9.17, 15) is 9.59 Å². The fourth-order valence-electron chi connectivity index (χ4n) is 3.57. The zero-order valence-corrected chi connectivity index (χ0v) is 19.3. The van der Waals surface area contributed by atoms with E-state index in [4.69, 9.17) is 5.73 Å². The summed E-state index contributed by atoms with van der Waals surface area (Å²) in [6.07, 6.45) is 4.97. The molecule has 9 nitrogen and oxygen atoms in total. The van der Waals surface area contributed by atoms with Gasteiger partial charge in [-0.25, -0.2) is 4.98 Å². The van der Waals surface area contributed by atoms with Crippen molar-refractivity contribution in [3.8, 4) is 11.3 Å². The summed E-state index contributed by atoms with van der Waals surface area (Å²) in [5, 5.41) is 5.59. The molecule has 0 aliphatic rings. The van der Waals surface area contributed by atoms with Crippen LogP contribution in [0.4, 0.5) is 5.69 Å². The van der Waals surface area contributed by atoms with Gasteiger partial charge in [-0.15, -0.1) is 11.8 Å². The van der Waals surface area contributed by atoms with Crippen molar-refractivity contribution in [2.45, 2.75) is 11.4 Å². The number of carbonyl (C=O) groups excluding carboxylic acids is 2. The van der Waals surface area contributed by atoms with Gasteiger partial charge in [0.1, 0.15) is 11.4 Å². The highest BCUT2D eigenvalue weighted by Gasteiger charge is 2.23. The van der Waals surface area contributed by atoms with Gasteiger partial charge in [-0.3, -0.25) is 24.0 Å². The number of imidazole rings is 1. The molecule has 2 amide bonds. The summed E-state index contributed by atoms with van der Waals surface area (Å²) >= 11 is 1.46. The standard InChI is InChI=1S/C24H23N7O2S/c1-26-18-6-5-15(12-19(18)34-14-25)13-29-23(32)17-4-3-11-31-21(24(33)27-2)20(30-22(17)31)16-7-9-28-10-8-16/h3-12H,1,13-14,25H2,2H3,(H,27,33)(H,29,32). The summed E-state index contributed by atoms with van der Waals surface area (Å²) in [7, 11) is 1.55. The van der Waals surface area contributed by atoms with Gasteiger partial charge >= 0.3 is 0 Å². The molecule has 4 aromatic rings. The minimum absolute atomic E-state index is 0.301. The number of amides is 2. The van der Waals surface area contributed by atoms with Gasteiger partial charge in [0.15, 0.2) is 5.65 Å². The number of carbonyl (C=O) groups is 2. The predicted molar refractivity (Wildman–Crippen MR) is 134 cm³/mol. The molecular weight excluding hydrogens is 450 g/mol. The third-order valence-corrected chi connectivity index (χ3v) is 5.98. The largest absolute Gasteiger partial charge is 0.354 e. The number of aliphatic imine (C=N–C) groups is 1. The molecule has 0 aliphatic carbocycles. The number of hydrogen-bond donors (Lipinski definition) is 3. The number of aromatic nitrogens is 3. The fourth-order valence-corrected chi connectivity index (χ4v) is 4.27. The Labute approximate surface area is 200 Å². The molecule has 0 saturated carbocycles. The number of rotatable bonds is 8. The second kappa shape index (κ2) is 10.3. The summed E-state index contributed by atoms with van der Waals surface area (Å²) in [4.78, 5) is 39.4. The highest BCUT2D eigenvalue weighted by atomic mass is 32.2. The van der Waals surface area contributed by atoms with Gasteiger partial charge in [-0.1, -0.05) is 6.07 Å². The van der Waals surface area contributed by atoms with Crippen LogP contribution in [0.2, 0.25) is 0 Å². The predicted octanol–water partition coefficient (Wildman–Crippen LogP) is 3.03. The van der Waals surface area contributed by atoms with E-state index in [0.717, 1.165) is 21.7 Å². The van der Waals surface area contributed by atoms with E-state index >= 15 is 0 Å². The number of nitrogens with zero attached hydrogens (tertiary/aromatic N) is 4. The number of hydrogen-bond acceptors (Lipinski definition) is 7. The number of nitrogens with one attached hydrogen (secondary N) is 2. The molecule has 1 aromatic carbocycles. The number of pyridine rings is 2. The van der Waals surface area contributed by atoms with E-state index in [1.54, 1.807) is 54.3 Å². The average molecular weight is 474 g/mol. The van der Waals surface area contributed by atoms with Crippen LogP contribution in [-0.2, 0) is 6.54 Å². The first-order chi connectivity index (χ1) is 16.6. The minimum atomic E-state index is -0.308. The van der Waals surface area contributed by atoms with Gasteiger partial charge < -0.3 is 16.4 Å². The Morgan fingerprint density at radius 1 is 1.18 bits per heavy atom. The molecule has 172 valence electrons. The number of nitrogens with two attached hydrogens (primary N) is 1. The Morgan fingerprint density at radius 3 is 2.68 bits per heavy atom. The first-order valence-electron chi connectivity index (χ1n) is 10.4. The van der Waals surface area contributed by atoms with Gasteiger partial charge in [0.2, 0.25) is 0 Å². The summed E-state index contributed by atoms with van der Waals surface area (Å²) in [6.45, 7) is 3.88. The molecule has 0 saturated heterocycles. The summed E-state index contributed by atoms with van der Waals surface area (Å²) in [5.74, 6) is -0.203. The van der Waals surface area contributed by atoms with Gasteiger partial charge in [-0.2, -0.15) is 0 Å². The maximum Gasteiger partial charge on any atom is 0.270 e. The monoisotopic (exact) mass is 473 g/mol. The second-order valence-electron chi connectivity index (χ2n) is 7.19. The molecule has 0 spiro atoms. The first kappa shape index (κ1) is 23.1. The molecule has 0 radical (unpaired) electrons. The van der Waals surface area contributed by atoms with Crippen molar-refractivity contribution >= 4 is 41.6 Å². The van der Waals surface area contributed by atoms with Crippen molar-refractivity contribution in [1.82, 2.24) is 25.0 Å². The molecule has 0 fully saturated rings. The van der Waals surface area contributed by atoms with Crippen molar-refractivity contribution in [2.75, 3.05) is 12.9 Å². The minimum Gasteiger partial charge on any atom is -0.354 e. The molecule has 0 bridgehead atoms. The Kier molecular flexibility index (Phi) is 7.00. The third kappa shape index (κ3) is 4.54. The second-order valence-corrected chi connectivity index (χ2v) is 8.26. The fraction of sp³-hybridized carbons (Fsp3) is 0.125. The molecule has 10 heteroatoms. The van der Waals surface area contributed by atoms with E-state index in [0.29, 0.717) is 35.0 Å². The molecule has 0 atom stereocenters. The topological polar surface area (TPSA) is 127 Å². The van der Waals surface area contributed by atoms with E-state index < -0.39 is 0 Å². The molecule has 0 aliphatic heterocycles. The van der Waals surface area contributed by atoms with Crippen LogP contribution in [0.1, 0.15) is 26.4 Å². The van der Waals surface area contributed by atoms with E-state index in [2.05, 4.69) is 32.3 Å². The highest BCUT2D eigenvalue weighted by molar-refractivity contribution is 7.99. The van der Waals surface area contributed by atoms with Crippen LogP contribution in [-0.4, -0.2) is 45.8 Å². The Hall–Kier alpha value is -4.02. The van der Waals surface area contributed by atoms with Crippen LogP contribution in [0.25, 0.3) is 16.9 Å². The van der Waals surface area contributed by atoms with Crippen LogP contribution in [0.15, 0.2) is 70.9 Å². The van der Waals surface area contributed by atoms with E-state index in [-0.39, 0.29) is 11.8 Å². The van der Waals surface area contributed by atoms with Gasteiger partial charge in [0.05, 0.1) is 11.3 Å². The van der Waals surface area contributed by atoms with Gasteiger partial charge in [-0.05, 0) is 48.7 Å². The zero-order valence-electron chi connectivity index (χ0n) is 18.5. The maximum absolute atomic E-state index is 13.1. The summed E-state index contributed by atoms with van der Waals surface area (Å²) in [6, 6.07) is 12.6. The molecule has 34 heavy (non-hydrogen) atoms. The number of fused-ring (bicyclic) bond motifs is 1. The van der Waals surface area contributed by atoms with Gasteiger partial charge in [0.25, 0.3) is 11.8 Å². The molecule has 4 rings (SSSR count). The van der Waals surface area contributed by atoms with Crippen LogP contribution >= 0.6 is 11.8 Å². The van der Waals surface area contributed by atoms with Crippen LogP contribution in [0, 0.1) is 0 Å². The number of benzene rings is 1. The quantitative estimate of drug-likeness (QED) is 0.205. The van der Waals surface area contributed by atoms with Crippen LogP contribution < -0.4 is 16.4 Å². The van der Waals surface area contributed by atoms with Crippen molar-refractivity contribution in [3.63, 3.8) is 0 Å². The molecule has 4 N–H and O–H groups in total. The lowest BCUT2D eigenvalue weighted by Gasteiger charge is -2.10. The Bertz CT molecular complexity index is 1370. The molecular formula is C24H23N7O2S. The van der Waals surface area contributed by atoms with Gasteiger partial charge in [0, 0.05) is 48.5 Å². The van der Waals surface area contributed by atoms with Crippen molar-refractivity contribution in [3.05, 3.63) is 77.9 Å². The third-order valence-electron chi connectivity index (χ3n) is 5.18. The Balaban J connectivity index is 1.68. The lowest BCUT2D eigenvalue weighted by atomic mass is 10.1. The average Bonchev–Trinajstić information content (AvgIpc) is 3.27. The van der Waals surface area contributed by atoms with Crippen LogP contribution in [0.3, 0.4) is 0 Å². The van der Waals surface area contributed by atoms with E-state index in [1.807, 2.05) is 18.2 Å². The summed E-state index contributed by atoms with van der Waals surface area (Å²) < 4.78 is 1.63. The molecule has 3 heterocycles. The highest BCUT2D eigenvalue weighted by Crippen LogP contribution is 2.30. The molecule has 0 unspecified atom stereocenters. The number of thioether (sulfide) groups is 1. The molecule has 3 aromatic heterocycles. The van der Waals surface area contributed by atoms with Crippen molar-refractivity contribution < 1.29 is 9.59 Å². The van der Waals surface area contributed by atoms with Crippen LogP contribution in [0.5, 0.6) is 0 Å². The maximum atomic E-state index is 13.1. The normalized spacial score (nSPS) is 10.8. The SMILES string of the molecule is C=Nc1ccc(CNC(=O)c2cccn3c(C(=O)NC)c(-c4ccncc4)nc23)cc1SCN. The van der Waals surface area contributed by atoms with Crippen molar-refractivity contribution in [1.29, 1.82) is 0 Å². The smallest absolute Gasteiger partial charge is 0.270 e. The zero-order chi connectivity index (χ0) is 24.1.